The minimum Gasteiger partial charge on any atom is -0.324 e. The second-order valence-electron chi connectivity index (χ2n) is 7.32. The van der Waals surface area contributed by atoms with Crippen molar-refractivity contribution >= 4 is 23.3 Å². The summed E-state index contributed by atoms with van der Waals surface area (Å²) in [5.74, 6) is 1.61. The number of tetrazole rings is 1. The van der Waals surface area contributed by atoms with E-state index in [-0.39, 0.29) is 0 Å². The number of aromatic nitrogens is 7. The fraction of sp³-hybridized carbons (Fsp3) is 0.261. The molecular weight excluding hydrogens is 410 g/mol. The molecule has 4 aromatic rings. The predicted molar refractivity (Wildman–Crippen MR) is 121 cm³/mol. The first-order valence-corrected chi connectivity index (χ1v) is 10.7. The zero-order chi connectivity index (χ0) is 21.5. The second-order valence-corrected chi connectivity index (χ2v) is 7.72. The van der Waals surface area contributed by atoms with Gasteiger partial charge in [0.2, 0.25) is 5.82 Å². The van der Waals surface area contributed by atoms with Gasteiger partial charge in [-0.1, -0.05) is 43.1 Å². The zero-order valence-electron chi connectivity index (χ0n) is 17.4. The lowest BCUT2D eigenvalue weighted by atomic mass is 10.0. The minimum atomic E-state index is 0.567. The smallest absolute Gasteiger partial charge is 0.201 e. The van der Waals surface area contributed by atoms with Crippen LogP contribution < -0.4 is 0 Å². The molecule has 0 unspecified atom stereocenters. The molecule has 0 atom stereocenters. The van der Waals surface area contributed by atoms with E-state index in [2.05, 4.69) is 49.2 Å². The molecule has 0 aliphatic heterocycles. The molecule has 0 amide bonds. The molecule has 3 aromatic heterocycles. The molecular formula is C23H24ClN7. The van der Waals surface area contributed by atoms with Crippen molar-refractivity contribution in [1.29, 1.82) is 0 Å². The van der Waals surface area contributed by atoms with Gasteiger partial charge in [0, 0.05) is 35.8 Å². The number of nitrogens with one attached hydrogen (secondary N) is 1. The van der Waals surface area contributed by atoms with Gasteiger partial charge in [0.05, 0.1) is 18.4 Å². The molecule has 4 rings (SSSR count). The number of hydrogen-bond donors (Lipinski definition) is 1. The average molecular weight is 434 g/mol. The molecule has 0 saturated carbocycles. The number of H-pyrrole nitrogens is 1. The number of rotatable bonds is 9. The minimum absolute atomic E-state index is 0.567. The highest BCUT2D eigenvalue weighted by atomic mass is 35.5. The van der Waals surface area contributed by atoms with Crippen molar-refractivity contribution in [2.45, 2.75) is 39.2 Å². The van der Waals surface area contributed by atoms with Crippen LogP contribution in [0.2, 0.25) is 5.02 Å². The molecule has 0 radical (unpaired) electrons. The van der Waals surface area contributed by atoms with Gasteiger partial charge in [-0.3, -0.25) is 4.98 Å². The predicted octanol–water partition coefficient (Wildman–Crippen LogP) is 4.62. The Bertz CT molecular complexity index is 1130. The summed E-state index contributed by atoms with van der Waals surface area (Å²) < 4.78 is 2.23. The van der Waals surface area contributed by atoms with Gasteiger partial charge in [0.15, 0.2) is 0 Å². The van der Waals surface area contributed by atoms with Crippen molar-refractivity contribution in [2.75, 3.05) is 0 Å². The van der Waals surface area contributed by atoms with Crippen molar-refractivity contribution in [3.63, 3.8) is 0 Å². The Morgan fingerprint density at radius 1 is 1.16 bits per heavy atom. The van der Waals surface area contributed by atoms with E-state index in [1.807, 2.05) is 36.5 Å². The van der Waals surface area contributed by atoms with Crippen LogP contribution in [0.1, 0.15) is 48.2 Å². The van der Waals surface area contributed by atoms with Crippen molar-refractivity contribution in [3.05, 3.63) is 88.5 Å². The van der Waals surface area contributed by atoms with Gasteiger partial charge in [0.25, 0.3) is 0 Å². The van der Waals surface area contributed by atoms with E-state index in [9.17, 15) is 0 Å². The Morgan fingerprint density at radius 3 is 2.74 bits per heavy atom. The standard InChI is InChI=1S/C23H24ClN7/c1-2-3-8-22-26-15-20(31(22)16-18-6-4-5-7-21(18)24)14-19(23-27-29-30-28-23)13-17-9-11-25-12-10-17/h4-7,9-12,14-15H,2-3,8,13,16H2,1H3,(H,27,28,29,30). The summed E-state index contributed by atoms with van der Waals surface area (Å²) in [7, 11) is 0. The summed E-state index contributed by atoms with van der Waals surface area (Å²) in [6.45, 7) is 2.84. The van der Waals surface area contributed by atoms with Crippen molar-refractivity contribution in [1.82, 2.24) is 35.2 Å². The first kappa shape index (κ1) is 20.9. The molecule has 0 bridgehead atoms. The number of allylic oxidation sites excluding steroid dienone is 1. The summed E-state index contributed by atoms with van der Waals surface area (Å²) in [6.07, 6.45) is 11.3. The van der Waals surface area contributed by atoms with Crippen LogP contribution in [0.25, 0.3) is 11.6 Å². The van der Waals surface area contributed by atoms with Gasteiger partial charge in [0.1, 0.15) is 5.82 Å². The van der Waals surface area contributed by atoms with Crippen molar-refractivity contribution < 1.29 is 0 Å². The van der Waals surface area contributed by atoms with E-state index >= 15 is 0 Å². The summed E-state index contributed by atoms with van der Waals surface area (Å²) in [4.78, 5) is 8.83. The molecule has 31 heavy (non-hydrogen) atoms. The SMILES string of the molecule is CCCCc1ncc(C=C(Cc2ccncc2)c2nn[nH]n2)n1Cc1ccccc1Cl. The fourth-order valence-electron chi connectivity index (χ4n) is 3.45. The molecule has 1 N–H and O–H groups in total. The van der Waals surface area contributed by atoms with E-state index in [0.29, 0.717) is 18.8 Å². The monoisotopic (exact) mass is 433 g/mol. The largest absolute Gasteiger partial charge is 0.324 e. The summed E-state index contributed by atoms with van der Waals surface area (Å²) >= 11 is 6.46. The van der Waals surface area contributed by atoms with Crippen LogP contribution in [0.15, 0.2) is 55.0 Å². The van der Waals surface area contributed by atoms with E-state index in [4.69, 9.17) is 16.6 Å². The maximum Gasteiger partial charge on any atom is 0.201 e. The average Bonchev–Trinajstić information content (AvgIpc) is 3.45. The van der Waals surface area contributed by atoms with E-state index in [0.717, 1.165) is 52.5 Å². The van der Waals surface area contributed by atoms with Gasteiger partial charge >= 0.3 is 0 Å². The lowest BCUT2D eigenvalue weighted by Gasteiger charge is -2.13. The molecule has 8 heteroatoms. The van der Waals surface area contributed by atoms with Crippen molar-refractivity contribution in [2.24, 2.45) is 0 Å². The van der Waals surface area contributed by atoms with Crippen LogP contribution in [-0.2, 0) is 19.4 Å². The Labute approximate surface area is 186 Å². The van der Waals surface area contributed by atoms with Crippen LogP contribution in [0.4, 0.5) is 0 Å². The van der Waals surface area contributed by atoms with Crippen LogP contribution >= 0.6 is 11.6 Å². The third-order valence-corrected chi connectivity index (χ3v) is 5.48. The number of hydrogen-bond acceptors (Lipinski definition) is 5. The molecule has 0 aliphatic rings. The maximum atomic E-state index is 6.46. The molecule has 0 spiro atoms. The first-order chi connectivity index (χ1) is 15.2. The lowest BCUT2D eigenvalue weighted by Crippen LogP contribution is -2.08. The maximum absolute atomic E-state index is 6.46. The Kier molecular flexibility index (Phi) is 6.84. The van der Waals surface area contributed by atoms with Gasteiger partial charge in [-0.05, 0) is 47.0 Å². The number of unbranched alkanes of at least 4 members (excludes halogenated alkanes) is 1. The lowest BCUT2D eigenvalue weighted by molar-refractivity contribution is 0.675. The van der Waals surface area contributed by atoms with Gasteiger partial charge < -0.3 is 4.57 Å². The number of nitrogens with zero attached hydrogens (tertiary/aromatic N) is 6. The third kappa shape index (κ3) is 5.24. The summed E-state index contributed by atoms with van der Waals surface area (Å²) in [5, 5.41) is 15.5. The summed E-state index contributed by atoms with van der Waals surface area (Å²) in [6, 6.07) is 11.9. The second kappa shape index (κ2) is 10.1. The topological polar surface area (TPSA) is 85.2 Å². The van der Waals surface area contributed by atoms with Crippen LogP contribution in [0, 0.1) is 0 Å². The molecule has 158 valence electrons. The van der Waals surface area contributed by atoms with Crippen LogP contribution in [0.5, 0.6) is 0 Å². The molecule has 0 fully saturated rings. The quantitative estimate of drug-likeness (QED) is 0.416. The number of halogens is 1. The van der Waals surface area contributed by atoms with Crippen LogP contribution in [-0.4, -0.2) is 35.2 Å². The summed E-state index contributed by atoms with van der Waals surface area (Å²) in [5.41, 5.74) is 4.11. The highest BCUT2D eigenvalue weighted by Gasteiger charge is 2.14. The van der Waals surface area contributed by atoms with Gasteiger partial charge in [-0.25, -0.2) is 4.98 Å². The normalized spacial score (nSPS) is 11.7. The fourth-order valence-corrected chi connectivity index (χ4v) is 3.65. The van der Waals surface area contributed by atoms with E-state index in [1.54, 1.807) is 12.4 Å². The van der Waals surface area contributed by atoms with Crippen LogP contribution in [0.3, 0.4) is 0 Å². The van der Waals surface area contributed by atoms with E-state index < -0.39 is 0 Å². The highest BCUT2D eigenvalue weighted by Crippen LogP contribution is 2.23. The third-order valence-electron chi connectivity index (χ3n) is 5.11. The molecule has 3 heterocycles. The Hall–Kier alpha value is -3.32. The number of benzene rings is 1. The van der Waals surface area contributed by atoms with Gasteiger partial charge in [-0.15, -0.1) is 10.2 Å². The molecule has 7 nitrogen and oxygen atoms in total. The number of aryl methyl sites for hydroxylation is 1. The Balaban J connectivity index is 1.74. The van der Waals surface area contributed by atoms with Crippen molar-refractivity contribution in [3.8, 4) is 0 Å². The Morgan fingerprint density at radius 2 is 2.00 bits per heavy atom. The molecule has 0 aliphatic carbocycles. The number of aromatic amines is 1. The first-order valence-electron chi connectivity index (χ1n) is 10.4. The van der Waals surface area contributed by atoms with Gasteiger partial charge in [-0.2, -0.15) is 5.21 Å². The molecule has 1 aromatic carbocycles. The molecule has 0 saturated heterocycles. The zero-order valence-corrected chi connectivity index (χ0v) is 18.1. The highest BCUT2D eigenvalue weighted by molar-refractivity contribution is 6.31. The number of imidazole rings is 1. The van der Waals surface area contributed by atoms with E-state index in [1.165, 1.54) is 0 Å². The number of pyridine rings is 1.